The maximum Gasteiger partial charge on any atom is 0.217 e. The van der Waals surface area contributed by atoms with E-state index in [4.69, 9.17) is 19.2 Å². The molecule has 0 amide bonds. The Morgan fingerprint density at radius 1 is 1.12 bits per heavy atom. The lowest BCUT2D eigenvalue weighted by molar-refractivity contribution is -0.0585. The molecule has 120 valence electrons. The number of aromatic nitrogens is 2. The highest BCUT2D eigenvalue weighted by Crippen LogP contribution is 2.28. The molecule has 6 heteroatoms. The Morgan fingerprint density at radius 2 is 1.96 bits per heavy atom. The Bertz CT molecular complexity index is 885. The van der Waals surface area contributed by atoms with Gasteiger partial charge in [-0.15, -0.1) is 0 Å². The third-order valence-corrected chi connectivity index (χ3v) is 3.84. The molecule has 1 aliphatic heterocycles. The van der Waals surface area contributed by atoms with Crippen LogP contribution in [0.1, 0.15) is 23.2 Å². The molecule has 0 aliphatic carbocycles. The molecule has 0 bridgehead atoms. The first-order valence-electron chi connectivity index (χ1n) is 7.68. The quantitative estimate of drug-likeness (QED) is 0.738. The van der Waals surface area contributed by atoms with Crippen molar-refractivity contribution >= 4 is 0 Å². The van der Waals surface area contributed by atoms with Crippen molar-refractivity contribution in [1.29, 1.82) is 5.26 Å². The van der Waals surface area contributed by atoms with Gasteiger partial charge in [0.05, 0.1) is 31.4 Å². The lowest BCUT2D eigenvalue weighted by Gasteiger charge is -2.04. The van der Waals surface area contributed by atoms with Crippen molar-refractivity contribution in [3.63, 3.8) is 0 Å². The summed E-state index contributed by atoms with van der Waals surface area (Å²) in [6.45, 7) is 1.69. The average molecular weight is 321 g/mol. The van der Waals surface area contributed by atoms with Crippen LogP contribution in [0.25, 0.3) is 11.5 Å². The van der Waals surface area contributed by atoms with E-state index in [0.29, 0.717) is 36.8 Å². The maximum atomic E-state index is 9.17. The zero-order valence-corrected chi connectivity index (χ0v) is 12.9. The van der Waals surface area contributed by atoms with Crippen LogP contribution in [0, 0.1) is 11.3 Å². The molecule has 1 aliphatic rings. The van der Waals surface area contributed by atoms with Crippen molar-refractivity contribution in [3.8, 4) is 17.5 Å². The van der Waals surface area contributed by atoms with Gasteiger partial charge in [-0.3, -0.25) is 4.68 Å². The minimum Gasteiger partial charge on any atom is -0.454 e. The van der Waals surface area contributed by atoms with Gasteiger partial charge in [-0.25, -0.2) is 0 Å². The molecule has 0 unspecified atom stereocenters. The Labute approximate surface area is 138 Å². The fourth-order valence-corrected chi connectivity index (χ4v) is 2.66. The zero-order chi connectivity index (χ0) is 16.4. The summed E-state index contributed by atoms with van der Waals surface area (Å²) in [6.07, 6.45) is 1.44. The van der Waals surface area contributed by atoms with Crippen molar-refractivity contribution in [2.75, 3.05) is 13.2 Å². The number of rotatable bonds is 4. The van der Waals surface area contributed by atoms with Crippen LogP contribution in [0.2, 0.25) is 0 Å². The van der Waals surface area contributed by atoms with E-state index in [9.17, 15) is 0 Å². The minimum atomic E-state index is -0.427. The molecule has 3 heterocycles. The topological polar surface area (TPSA) is 73.2 Å². The van der Waals surface area contributed by atoms with Gasteiger partial charge in [0.15, 0.2) is 11.5 Å². The molecule has 0 saturated carbocycles. The second kappa shape index (κ2) is 6.32. The number of benzene rings is 1. The van der Waals surface area contributed by atoms with E-state index in [1.165, 1.54) is 0 Å². The Balaban J connectivity index is 1.53. The van der Waals surface area contributed by atoms with Crippen molar-refractivity contribution < 1.29 is 13.9 Å². The number of hydrogen-bond acceptors (Lipinski definition) is 5. The van der Waals surface area contributed by atoms with Gasteiger partial charge in [0.1, 0.15) is 5.69 Å². The number of ether oxygens (including phenoxy) is 2. The summed E-state index contributed by atoms with van der Waals surface area (Å²) in [6, 6.07) is 15.3. The monoisotopic (exact) mass is 321 g/mol. The van der Waals surface area contributed by atoms with Crippen molar-refractivity contribution in [2.24, 2.45) is 0 Å². The summed E-state index contributed by atoms with van der Waals surface area (Å²) < 4.78 is 18.4. The fourth-order valence-electron chi connectivity index (χ4n) is 2.66. The summed E-state index contributed by atoms with van der Waals surface area (Å²) in [5.41, 5.74) is 2.32. The van der Waals surface area contributed by atoms with E-state index in [1.807, 2.05) is 42.6 Å². The second-order valence-corrected chi connectivity index (χ2v) is 5.44. The molecule has 1 aromatic carbocycles. The summed E-state index contributed by atoms with van der Waals surface area (Å²) in [4.78, 5) is 0. The van der Waals surface area contributed by atoms with Crippen LogP contribution in [-0.4, -0.2) is 23.0 Å². The molecule has 0 radical (unpaired) electrons. The summed E-state index contributed by atoms with van der Waals surface area (Å²) >= 11 is 0. The normalized spacial score (nSPS) is 14.8. The van der Waals surface area contributed by atoms with Crippen LogP contribution in [0.5, 0.6) is 0 Å². The Kier molecular flexibility index (Phi) is 3.87. The van der Waals surface area contributed by atoms with Crippen LogP contribution < -0.4 is 0 Å². The van der Waals surface area contributed by atoms with Crippen LogP contribution in [0.3, 0.4) is 0 Å². The second-order valence-electron chi connectivity index (χ2n) is 5.44. The number of furan rings is 1. The average Bonchev–Trinajstić information content (AvgIpc) is 3.35. The molecule has 0 spiro atoms. The molecular formula is C18H15N3O3. The van der Waals surface area contributed by atoms with Crippen LogP contribution in [0.15, 0.2) is 53.1 Å². The number of nitriles is 1. The summed E-state index contributed by atoms with van der Waals surface area (Å²) in [5, 5.41) is 13.7. The predicted octanol–water partition coefficient (Wildman–Crippen LogP) is 3.11. The predicted molar refractivity (Wildman–Crippen MR) is 84.8 cm³/mol. The lowest BCUT2D eigenvalue weighted by Crippen LogP contribution is -2.02. The molecule has 0 N–H and O–H groups in total. The van der Waals surface area contributed by atoms with Gasteiger partial charge in [-0.1, -0.05) is 18.2 Å². The van der Waals surface area contributed by atoms with Gasteiger partial charge in [-0.2, -0.15) is 10.4 Å². The first-order chi connectivity index (χ1) is 11.8. The SMILES string of the molecule is N#Cc1ccccc1Cn1ccc(-c2ccc(C3OCCO3)o2)n1. The highest BCUT2D eigenvalue weighted by atomic mass is 16.7. The van der Waals surface area contributed by atoms with Crippen LogP contribution >= 0.6 is 0 Å². The maximum absolute atomic E-state index is 9.17. The molecular weight excluding hydrogens is 306 g/mol. The molecule has 24 heavy (non-hydrogen) atoms. The van der Waals surface area contributed by atoms with E-state index in [0.717, 1.165) is 11.3 Å². The van der Waals surface area contributed by atoms with Crippen molar-refractivity contribution in [2.45, 2.75) is 12.8 Å². The molecule has 2 aromatic heterocycles. The van der Waals surface area contributed by atoms with Crippen molar-refractivity contribution in [3.05, 3.63) is 65.5 Å². The molecule has 1 fully saturated rings. The van der Waals surface area contributed by atoms with E-state index >= 15 is 0 Å². The summed E-state index contributed by atoms with van der Waals surface area (Å²) in [5.74, 6) is 1.31. The van der Waals surface area contributed by atoms with E-state index in [-0.39, 0.29) is 0 Å². The molecule has 0 atom stereocenters. The van der Waals surface area contributed by atoms with Crippen LogP contribution in [-0.2, 0) is 16.0 Å². The van der Waals surface area contributed by atoms with E-state index < -0.39 is 6.29 Å². The van der Waals surface area contributed by atoms with Gasteiger partial charge in [0, 0.05) is 6.20 Å². The third-order valence-electron chi connectivity index (χ3n) is 3.84. The third kappa shape index (κ3) is 2.83. The van der Waals surface area contributed by atoms with Crippen LogP contribution in [0.4, 0.5) is 0 Å². The van der Waals surface area contributed by atoms with Crippen molar-refractivity contribution in [1.82, 2.24) is 9.78 Å². The van der Waals surface area contributed by atoms with Gasteiger partial charge < -0.3 is 13.9 Å². The van der Waals surface area contributed by atoms with E-state index in [2.05, 4.69) is 11.2 Å². The molecule has 1 saturated heterocycles. The zero-order valence-electron chi connectivity index (χ0n) is 12.9. The lowest BCUT2D eigenvalue weighted by atomic mass is 10.1. The number of nitrogens with zero attached hydrogens (tertiary/aromatic N) is 3. The molecule has 4 rings (SSSR count). The van der Waals surface area contributed by atoms with Gasteiger partial charge in [0.25, 0.3) is 0 Å². The summed E-state index contributed by atoms with van der Waals surface area (Å²) in [7, 11) is 0. The van der Waals surface area contributed by atoms with E-state index in [1.54, 1.807) is 10.7 Å². The highest BCUT2D eigenvalue weighted by molar-refractivity contribution is 5.51. The smallest absolute Gasteiger partial charge is 0.217 e. The largest absolute Gasteiger partial charge is 0.454 e. The fraction of sp³-hybridized carbons (Fsp3) is 0.222. The molecule has 3 aromatic rings. The first kappa shape index (κ1) is 14.7. The van der Waals surface area contributed by atoms with Gasteiger partial charge in [-0.05, 0) is 29.8 Å². The molecule has 6 nitrogen and oxygen atoms in total. The Hall–Kier alpha value is -2.88. The standard InChI is InChI=1S/C18H15N3O3/c19-11-13-3-1-2-4-14(13)12-21-8-7-15(20-21)16-5-6-17(24-16)18-22-9-10-23-18/h1-8,18H,9-10,12H2. The first-order valence-corrected chi connectivity index (χ1v) is 7.68. The van der Waals surface area contributed by atoms with Gasteiger partial charge >= 0.3 is 0 Å². The minimum absolute atomic E-state index is 0.427. The van der Waals surface area contributed by atoms with Gasteiger partial charge in [0.2, 0.25) is 6.29 Å². The highest BCUT2D eigenvalue weighted by Gasteiger charge is 2.22. The number of hydrogen-bond donors (Lipinski definition) is 0. The Morgan fingerprint density at radius 3 is 2.79 bits per heavy atom.